The molecule has 4 aliphatic carbocycles. The van der Waals surface area contributed by atoms with Gasteiger partial charge in [-0.25, -0.2) is 24.0 Å². The summed E-state index contributed by atoms with van der Waals surface area (Å²) in [6.07, 6.45) is 8.62. The molecule has 7 N–H and O–H groups in total. The van der Waals surface area contributed by atoms with Gasteiger partial charge in [-0.05, 0) is 105 Å². The molecule has 1 heterocycles. The predicted octanol–water partition coefficient (Wildman–Crippen LogP) is 9.28. The molecule has 5 fully saturated rings. The Morgan fingerprint density at radius 2 is 1.20 bits per heavy atom. The van der Waals surface area contributed by atoms with E-state index in [9.17, 15) is 38.7 Å². The number of alkyl carbamates (subject to hydrolysis) is 2. The first-order chi connectivity index (χ1) is 37.6. The van der Waals surface area contributed by atoms with E-state index in [1.807, 2.05) is 66.7 Å². The van der Waals surface area contributed by atoms with Gasteiger partial charge in [-0.3, -0.25) is 14.7 Å². The zero-order valence-corrected chi connectivity index (χ0v) is 48.1. The van der Waals surface area contributed by atoms with E-state index in [0.29, 0.717) is 49.2 Å². The number of nitrogens with one attached hydrogen (secondary N) is 2. The van der Waals surface area contributed by atoms with Gasteiger partial charge in [-0.15, -0.1) is 32.0 Å². The van der Waals surface area contributed by atoms with Gasteiger partial charge in [0.05, 0.1) is 24.3 Å². The number of hydrogen-bond donors (Lipinski definition) is 6. The fourth-order valence-electron chi connectivity index (χ4n) is 9.22. The standard InChI is InChI=1S/C31H31N3O3.C13H21NO4.C11H17NO4.C6H9NO2.Ni/c1-2-24-20-31(24,30(36)37)33-28(23-14-7-4-8-15-23)25-16-9-10-17-26(25)32-29(35)27-18-11-19-34(27)21-22-12-5-3-6-13-22;1-6-9-8-13(9,10(15)17-7-2)14-11(16)18-12(3,4)5;1-5-7-6-11(7,8(13)14)12-9(15)16-10(2,3)4;1-2-4-3-6(4,7)5(8)9;/h2-10,12-17,24,27H,1,11,18-21H2,(H2,32,33,35,36,37);6,9H,1,7-8H2,2-5H3,(H,14,16);5,7H,1,6H2,2-4H3,(H,12,15)(H,13,14);2,4H,1,3,7H2,(H,8,9);/p-1/t24-,27?,31?;9-,13-;7?,11-;4?,6-;/m1000./s1. The second-order valence-corrected chi connectivity index (χ2v) is 22.4. The molecule has 9 atom stereocenters. The van der Waals surface area contributed by atoms with E-state index < -0.39 is 69.4 Å². The molecule has 0 spiro atoms. The van der Waals surface area contributed by atoms with E-state index in [1.165, 1.54) is 11.6 Å². The van der Waals surface area contributed by atoms with Crippen LogP contribution in [0.1, 0.15) is 104 Å². The Morgan fingerprint density at radius 1 is 0.691 bits per heavy atom. The largest absolute Gasteiger partial charge is 0.625 e. The minimum absolute atomic E-state index is 0. The summed E-state index contributed by atoms with van der Waals surface area (Å²) < 4.78 is 15.1. The number of nitrogens with zero attached hydrogens (tertiary/aromatic N) is 3. The van der Waals surface area contributed by atoms with E-state index in [-0.39, 0.29) is 58.7 Å². The van der Waals surface area contributed by atoms with Crippen LogP contribution in [0.15, 0.2) is 141 Å². The molecular weight excluding hydrogens is 1080 g/mol. The molecular formula is C61H77N6NiO13-. The minimum atomic E-state index is -1.25. The Labute approximate surface area is 484 Å². The number of carboxylic acid groups (broad SMARTS) is 3. The number of likely N-dealkylation sites (tertiary alicyclic amines) is 1. The van der Waals surface area contributed by atoms with Crippen molar-refractivity contribution in [2.45, 2.75) is 133 Å². The zero-order valence-electron chi connectivity index (χ0n) is 47.1. The van der Waals surface area contributed by atoms with Crippen LogP contribution in [-0.2, 0) is 61.2 Å². The maximum Gasteiger partial charge on any atom is 0.408 e. The number of aliphatic imine (C=N–C) groups is 1. The number of aliphatic carboxylic acids is 3. The van der Waals surface area contributed by atoms with E-state index in [4.69, 9.17) is 35.1 Å². The molecule has 1 saturated heterocycles. The fraction of sp³-hybridized carbons (Fsp3) is 0.443. The van der Waals surface area contributed by atoms with Crippen molar-refractivity contribution in [3.8, 4) is 0 Å². The number of carbonyl (C=O) groups excluding carboxylic acids is 4. The first-order valence-corrected chi connectivity index (χ1v) is 26.6. The van der Waals surface area contributed by atoms with Crippen LogP contribution >= 0.6 is 0 Å². The van der Waals surface area contributed by atoms with Crippen molar-refractivity contribution < 1.29 is 79.6 Å². The molecule has 8 rings (SSSR count). The van der Waals surface area contributed by atoms with Gasteiger partial charge in [0.2, 0.25) is 0 Å². The summed E-state index contributed by atoms with van der Waals surface area (Å²) >= 11 is 0. The second kappa shape index (κ2) is 27.4. The number of esters is 1. The molecule has 1 aliphatic heterocycles. The molecule has 20 heteroatoms. The Morgan fingerprint density at radius 3 is 1.64 bits per heavy atom. The van der Waals surface area contributed by atoms with Crippen molar-refractivity contribution in [2.24, 2.45) is 34.4 Å². The fourth-order valence-corrected chi connectivity index (χ4v) is 9.22. The molecule has 3 aromatic carbocycles. The second-order valence-electron chi connectivity index (χ2n) is 22.4. The molecule has 440 valence electrons. The van der Waals surface area contributed by atoms with Crippen molar-refractivity contribution >= 4 is 53.4 Å². The van der Waals surface area contributed by atoms with Crippen molar-refractivity contribution in [2.75, 3.05) is 13.2 Å². The van der Waals surface area contributed by atoms with Gasteiger partial charge >= 0.3 is 36.1 Å². The monoisotopic (exact) mass is 1160 g/mol. The number of carboxylic acids is 3. The van der Waals surface area contributed by atoms with Gasteiger partial charge in [0.25, 0.3) is 0 Å². The first kappa shape index (κ1) is 66.1. The average molecular weight is 1160 g/mol. The Bertz CT molecular complexity index is 2830. The van der Waals surface area contributed by atoms with Crippen LogP contribution in [0.25, 0.3) is 5.32 Å². The van der Waals surface area contributed by atoms with Crippen molar-refractivity contribution in [3.63, 3.8) is 0 Å². The van der Waals surface area contributed by atoms with Gasteiger partial charge in [0.15, 0.2) is 5.54 Å². The van der Waals surface area contributed by atoms with Crippen molar-refractivity contribution in [1.82, 2.24) is 15.5 Å². The number of ether oxygens (including phenoxy) is 3. The zero-order chi connectivity index (χ0) is 59.4. The molecule has 81 heavy (non-hydrogen) atoms. The SMILES string of the molecule is C=CC1C[C@@]1(N)C(=O)O.C=CC1C[C@@]1(NC(=O)OC(C)(C)C)C(=O)O.C=C[C@@H]1CC1(N=C(c1ccccc1)c1ccccc1[N-]C(=O)C1CCCN1Cc1ccccc1)C(=O)O.C=C[C@H]1C[C@@]1(NC(=O)OC(C)(C)C)C(=O)OCC.[Ni]. The molecule has 3 aromatic rings. The molecule has 4 unspecified atom stereocenters. The van der Waals surface area contributed by atoms with E-state index in [2.05, 4.69) is 59.3 Å². The average Bonchev–Trinajstić information content (AvgIpc) is 4.37. The minimum Gasteiger partial charge on any atom is -0.625 e. The number of hydrogen-bond acceptors (Lipinski definition) is 13. The number of nitrogens with two attached hydrogens (primary N) is 1. The van der Waals surface area contributed by atoms with Crippen LogP contribution < -0.4 is 16.4 Å². The number of rotatable bonds is 18. The van der Waals surface area contributed by atoms with Crippen LogP contribution in [0.4, 0.5) is 15.3 Å². The molecule has 4 saturated carbocycles. The van der Waals surface area contributed by atoms with Crippen LogP contribution in [0.3, 0.4) is 0 Å². The summed E-state index contributed by atoms with van der Waals surface area (Å²) in [5.74, 6) is -4.14. The van der Waals surface area contributed by atoms with Gasteiger partial charge in [-0.1, -0.05) is 109 Å². The van der Waals surface area contributed by atoms with Gasteiger partial charge in [0.1, 0.15) is 27.8 Å². The third-order valence-electron chi connectivity index (χ3n) is 14.1. The molecule has 3 amide bonds. The van der Waals surface area contributed by atoms with Crippen molar-refractivity contribution in [1.29, 1.82) is 0 Å². The van der Waals surface area contributed by atoms with Crippen molar-refractivity contribution in [3.05, 3.63) is 158 Å². The number of para-hydroxylation sites is 1. The van der Waals surface area contributed by atoms with Gasteiger partial charge in [0, 0.05) is 52.3 Å². The number of carbonyl (C=O) groups is 7. The Hall–Kier alpha value is -7.41. The first-order valence-electron chi connectivity index (χ1n) is 26.6. The predicted molar refractivity (Wildman–Crippen MR) is 303 cm³/mol. The van der Waals surface area contributed by atoms with Gasteiger partial charge in [-0.2, -0.15) is 0 Å². The molecule has 5 aliphatic rings. The quantitative estimate of drug-likeness (QED) is 0.0227. The summed E-state index contributed by atoms with van der Waals surface area (Å²) in [5.41, 5.74) is 3.31. The van der Waals surface area contributed by atoms with Crippen LogP contribution in [0, 0.1) is 23.7 Å². The summed E-state index contributed by atoms with van der Waals surface area (Å²) in [4.78, 5) is 89.0. The molecule has 19 nitrogen and oxygen atoms in total. The third-order valence-corrected chi connectivity index (χ3v) is 14.1. The Kier molecular flexibility index (Phi) is 22.3. The van der Waals surface area contributed by atoms with E-state index >= 15 is 0 Å². The summed E-state index contributed by atoms with van der Waals surface area (Å²) in [6, 6.07) is 26.7. The molecule has 0 aromatic heterocycles. The summed E-state index contributed by atoms with van der Waals surface area (Å²) in [7, 11) is 0. The maximum absolute atomic E-state index is 13.5. The van der Waals surface area contributed by atoms with Crippen LogP contribution in [0.2, 0.25) is 0 Å². The third kappa shape index (κ3) is 17.1. The summed E-state index contributed by atoms with van der Waals surface area (Å²) in [6.45, 7) is 28.4. The molecule has 0 bridgehead atoms. The van der Waals surface area contributed by atoms with Crippen LogP contribution in [0.5, 0.6) is 0 Å². The van der Waals surface area contributed by atoms with E-state index in [0.717, 1.165) is 24.9 Å². The van der Waals surface area contributed by atoms with Gasteiger partial charge < -0.3 is 56.0 Å². The number of amides is 3. The summed E-state index contributed by atoms with van der Waals surface area (Å²) in [5, 5.41) is 37.1. The topological polar surface area (TPSA) is 288 Å². The van der Waals surface area contributed by atoms with Crippen LogP contribution in [-0.4, -0.2) is 120 Å². The smallest absolute Gasteiger partial charge is 0.408 e. The van der Waals surface area contributed by atoms with E-state index in [1.54, 1.807) is 72.8 Å². The maximum atomic E-state index is 13.5. The normalized spacial score (nSPS) is 26.5. The molecule has 0 radical (unpaired) electrons. The number of benzene rings is 3. The Balaban J connectivity index is 0.000000267.